The summed E-state index contributed by atoms with van der Waals surface area (Å²) >= 11 is 7.76. The summed E-state index contributed by atoms with van der Waals surface area (Å²) < 4.78 is 15.9. The number of furan rings is 1. The first-order valence-corrected chi connectivity index (χ1v) is 11.5. The molecule has 0 atom stereocenters. The third kappa shape index (κ3) is 4.49. The van der Waals surface area contributed by atoms with Crippen molar-refractivity contribution in [2.45, 2.75) is 32.6 Å². The third-order valence-corrected chi connectivity index (χ3v) is 6.74. The molecule has 8 heteroatoms. The molecule has 1 aromatic carbocycles. The number of methoxy groups -OCH3 is 1. The molecule has 0 amide bonds. The highest BCUT2D eigenvalue weighted by Crippen LogP contribution is 2.40. The van der Waals surface area contributed by atoms with Crippen molar-refractivity contribution in [2.75, 3.05) is 13.7 Å². The van der Waals surface area contributed by atoms with Crippen molar-refractivity contribution in [1.82, 2.24) is 0 Å². The zero-order valence-corrected chi connectivity index (χ0v) is 19.3. The maximum Gasteiger partial charge on any atom is 0.341 e. The van der Waals surface area contributed by atoms with Crippen molar-refractivity contribution in [3.8, 4) is 11.3 Å². The van der Waals surface area contributed by atoms with Crippen LogP contribution in [0.5, 0.6) is 0 Å². The highest BCUT2D eigenvalue weighted by molar-refractivity contribution is 7.16. The van der Waals surface area contributed by atoms with E-state index in [9.17, 15) is 9.59 Å². The Morgan fingerprint density at radius 2 is 2.00 bits per heavy atom. The third-order valence-electron chi connectivity index (χ3n) is 5.23. The number of aliphatic imine (C=N–C) groups is 1. The lowest BCUT2D eigenvalue weighted by atomic mass is 9.95. The van der Waals surface area contributed by atoms with E-state index in [1.165, 1.54) is 12.0 Å². The van der Waals surface area contributed by atoms with Crippen LogP contribution in [0.1, 0.15) is 56.7 Å². The van der Waals surface area contributed by atoms with Crippen molar-refractivity contribution < 1.29 is 23.5 Å². The van der Waals surface area contributed by atoms with Crippen molar-refractivity contribution >= 4 is 46.1 Å². The Balaban J connectivity index is 1.60. The Labute approximate surface area is 194 Å². The summed E-state index contributed by atoms with van der Waals surface area (Å²) in [6.07, 6.45) is 5.64. The molecule has 4 rings (SSSR count). The highest BCUT2D eigenvalue weighted by atomic mass is 35.5. The van der Waals surface area contributed by atoms with E-state index >= 15 is 0 Å². The number of benzene rings is 1. The summed E-state index contributed by atoms with van der Waals surface area (Å²) in [5, 5.41) is 0.933. The van der Waals surface area contributed by atoms with Gasteiger partial charge >= 0.3 is 11.9 Å². The molecule has 166 valence electrons. The Hall–Kier alpha value is -2.90. The standard InChI is InChI=1S/C24H22ClNO5S/c1-3-30-24(28)21-17-6-4-5-7-20(17)32-22(21)26-13-15-9-11-19(31-15)14-8-10-16(18(25)12-14)23(27)29-2/h8-13H,3-7H2,1-2H3. The van der Waals surface area contributed by atoms with Gasteiger partial charge in [-0.2, -0.15) is 0 Å². The molecule has 0 unspecified atom stereocenters. The predicted octanol–water partition coefficient (Wildman–Crippen LogP) is 6.25. The normalized spacial score (nSPS) is 13.2. The van der Waals surface area contributed by atoms with Gasteiger partial charge in [0.1, 0.15) is 16.5 Å². The van der Waals surface area contributed by atoms with Gasteiger partial charge in [-0.3, -0.25) is 0 Å². The molecule has 0 spiro atoms. The molecule has 2 aromatic heterocycles. The highest BCUT2D eigenvalue weighted by Gasteiger charge is 2.26. The van der Waals surface area contributed by atoms with Gasteiger partial charge in [0.05, 0.1) is 36.1 Å². The van der Waals surface area contributed by atoms with Gasteiger partial charge in [-0.05, 0) is 62.4 Å². The van der Waals surface area contributed by atoms with Crippen LogP contribution in [0.4, 0.5) is 5.00 Å². The van der Waals surface area contributed by atoms with Gasteiger partial charge < -0.3 is 13.9 Å². The maximum atomic E-state index is 12.6. The minimum atomic E-state index is -0.495. The second-order valence-electron chi connectivity index (χ2n) is 7.26. The van der Waals surface area contributed by atoms with E-state index in [-0.39, 0.29) is 11.0 Å². The molecule has 6 nitrogen and oxygen atoms in total. The Morgan fingerprint density at radius 3 is 2.75 bits per heavy atom. The molecule has 0 radical (unpaired) electrons. The van der Waals surface area contributed by atoms with Gasteiger partial charge in [0.2, 0.25) is 0 Å². The number of carbonyl (C=O) groups excluding carboxylic acids is 2. The van der Waals surface area contributed by atoms with Crippen molar-refractivity contribution in [3.63, 3.8) is 0 Å². The average Bonchev–Trinajstić information content (AvgIpc) is 3.41. The molecular formula is C24H22ClNO5S. The summed E-state index contributed by atoms with van der Waals surface area (Å²) in [5.41, 5.74) is 2.67. The number of ether oxygens (including phenoxy) is 2. The van der Waals surface area contributed by atoms with E-state index in [0.29, 0.717) is 34.3 Å². The SMILES string of the molecule is CCOC(=O)c1c(N=Cc2ccc(-c3ccc(C(=O)OC)c(Cl)c3)o2)sc2c1CCCC2. The molecule has 1 aliphatic carbocycles. The zero-order valence-electron chi connectivity index (χ0n) is 17.8. The molecule has 3 aromatic rings. The van der Waals surface area contributed by atoms with Crippen molar-refractivity contribution in [1.29, 1.82) is 0 Å². The first-order valence-electron chi connectivity index (χ1n) is 10.4. The molecule has 0 bridgehead atoms. The summed E-state index contributed by atoms with van der Waals surface area (Å²) in [6.45, 7) is 2.12. The largest absolute Gasteiger partial charge is 0.465 e. The fourth-order valence-electron chi connectivity index (χ4n) is 3.70. The van der Waals surface area contributed by atoms with Crippen LogP contribution in [-0.2, 0) is 22.3 Å². The van der Waals surface area contributed by atoms with Crippen molar-refractivity contribution in [3.05, 3.63) is 62.7 Å². The molecule has 0 saturated carbocycles. The molecule has 0 saturated heterocycles. The summed E-state index contributed by atoms with van der Waals surface area (Å²) in [4.78, 5) is 30.1. The number of halogens is 1. The molecule has 2 heterocycles. The van der Waals surface area contributed by atoms with Gasteiger partial charge in [-0.15, -0.1) is 11.3 Å². The number of hydrogen-bond acceptors (Lipinski definition) is 7. The Morgan fingerprint density at radius 1 is 1.19 bits per heavy atom. The monoisotopic (exact) mass is 471 g/mol. The van der Waals surface area contributed by atoms with Crippen molar-refractivity contribution in [2.24, 2.45) is 4.99 Å². The molecule has 0 aliphatic heterocycles. The Kier molecular flexibility index (Phi) is 6.77. The van der Waals surface area contributed by atoms with Crippen LogP contribution in [0.3, 0.4) is 0 Å². The summed E-state index contributed by atoms with van der Waals surface area (Å²) in [7, 11) is 1.31. The first kappa shape index (κ1) is 22.3. The van der Waals surface area contributed by atoms with Gasteiger partial charge in [0.25, 0.3) is 0 Å². The van der Waals surface area contributed by atoms with Crippen LogP contribution >= 0.6 is 22.9 Å². The van der Waals surface area contributed by atoms with Crippen LogP contribution in [-0.4, -0.2) is 31.9 Å². The smallest absolute Gasteiger partial charge is 0.341 e. The second kappa shape index (κ2) is 9.71. The van der Waals surface area contributed by atoms with E-state index in [4.69, 9.17) is 25.5 Å². The van der Waals surface area contributed by atoms with Gasteiger partial charge in [-0.25, -0.2) is 14.6 Å². The summed E-state index contributed by atoms with van der Waals surface area (Å²) in [6, 6.07) is 8.58. The number of carbonyl (C=O) groups is 2. The number of aryl methyl sites for hydroxylation is 1. The topological polar surface area (TPSA) is 78.1 Å². The van der Waals surface area contributed by atoms with E-state index in [0.717, 1.165) is 36.8 Å². The van der Waals surface area contributed by atoms with E-state index in [2.05, 4.69) is 4.99 Å². The quantitative estimate of drug-likeness (QED) is 0.313. The van der Waals surface area contributed by atoms with Gasteiger partial charge in [-0.1, -0.05) is 17.7 Å². The molecule has 1 aliphatic rings. The number of rotatable bonds is 6. The minimum Gasteiger partial charge on any atom is -0.465 e. The number of thiophene rings is 1. The van der Waals surface area contributed by atoms with Crippen LogP contribution in [0.25, 0.3) is 11.3 Å². The van der Waals surface area contributed by atoms with Crippen LogP contribution < -0.4 is 0 Å². The number of esters is 2. The number of nitrogens with zero attached hydrogens (tertiary/aromatic N) is 1. The lowest BCUT2D eigenvalue weighted by Crippen LogP contribution is -2.09. The van der Waals surface area contributed by atoms with E-state index < -0.39 is 5.97 Å². The van der Waals surface area contributed by atoms with E-state index in [1.807, 2.05) is 0 Å². The van der Waals surface area contributed by atoms with Crippen LogP contribution in [0.2, 0.25) is 5.02 Å². The van der Waals surface area contributed by atoms with E-state index in [1.54, 1.807) is 54.8 Å². The zero-order chi connectivity index (χ0) is 22.7. The van der Waals surface area contributed by atoms with Gasteiger partial charge in [0.15, 0.2) is 0 Å². The lowest BCUT2D eigenvalue weighted by Gasteiger charge is -2.11. The van der Waals surface area contributed by atoms with Crippen LogP contribution in [0.15, 0.2) is 39.7 Å². The minimum absolute atomic E-state index is 0.282. The molecular weight excluding hydrogens is 450 g/mol. The Bertz CT molecular complexity index is 1190. The molecule has 0 fully saturated rings. The predicted molar refractivity (Wildman–Crippen MR) is 125 cm³/mol. The summed E-state index contributed by atoms with van der Waals surface area (Å²) in [5.74, 6) is 0.305. The average molecular weight is 472 g/mol. The fraction of sp³-hybridized carbons (Fsp3) is 0.292. The number of hydrogen-bond donors (Lipinski definition) is 0. The second-order valence-corrected chi connectivity index (χ2v) is 8.75. The number of fused-ring (bicyclic) bond motifs is 1. The van der Waals surface area contributed by atoms with Gasteiger partial charge in [0, 0.05) is 10.4 Å². The fourth-order valence-corrected chi connectivity index (χ4v) is 5.18. The first-order chi connectivity index (χ1) is 15.5. The van der Waals surface area contributed by atoms with Crippen LogP contribution in [0, 0.1) is 0 Å². The lowest BCUT2D eigenvalue weighted by molar-refractivity contribution is 0.0525. The molecule has 0 N–H and O–H groups in total. The molecule has 32 heavy (non-hydrogen) atoms. The maximum absolute atomic E-state index is 12.6.